The van der Waals surface area contributed by atoms with Gasteiger partial charge in [-0.1, -0.05) is 0 Å². The van der Waals surface area contributed by atoms with Gasteiger partial charge >= 0.3 is 0 Å². The first kappa shape index (κ1) is 19.1. The van der Waals surface area contributed by atoms with E-state index in [1.807, 2.05) is 17.2 Å². The number of nitrogens with zero attached hydrogens (tertiary/aromatic N) is 6. The Morgan fingerprint density at radius 2 is 1.90 bits per heavy atom. The molecule has 3 aromatic rings. The summed E-state index contributed by atoms with van der Waals surface area (Å²) in [6.07, 6.45) is 11.8. The summed E-state index contributed by atoms with van der Waals surface area (Å²) in [4.78, 5) is 36.0. The standard InChI is InChI=1S/C20H21N7OS/c1-14-25-16(13-29-14)3-4-17(28)27-11-5-15(6-12-27)18-19(22-10-9-21-18)26-20-23-7-2-8-24-20/h2-4,7-10,13,15H,5-6,11-12H2,1H3,(H,22,23,24,26)/b4-3+. The summed E-state index contributed by atoms with van der Waals surface area (Å²) in [5.74, 6) is 1.40. The number of aromatic nitrogens is 5. The van der Waals surface area contributed by atoms with Gasteiger partial charge in [0.1, 0.15) is 0 Å². The molecular formula is C20H21N7OS. The smallest absolute Gasteiger partial charge is 0.246 e. The summed E-state index contributed by atoms with van der Waals surface area (Å²) in [6, 6.07) is 1.76. The third-order valence-corrected chi connectivity index (χ3v) is 5.54. The molecule has 0 aromatic carbocycles. The molecule has 8 nitrogen and oxygen atoms in total. The predicted octanol–water partition coefficient (Wildman–Crippen LogP) is 3.19. The molecule has 1 aliphatic heterocycles. The van der Waals surface area contributed by atoms with Crippen LogP contribution >= 0.6 is 11.3 Å². The van der Waals surface area contributed by atoms with E-state index in [1.165, 1.54) is 0 Å². The number of hydrogen-bond acceptors (Lipinski definition) is 8. The lowest BCUT2D eigenvalue weighted by Crippen LogP contribution is -2.37. The molecule has 0 saturated carbocycles. The monoisotopic (exact) mass is 407 g/mol. The molecule has 148 valence electrons. The maximum atomic E-state index is 12.5. The van der Waals surface area contributed by atoms with Crippen molar-refractivity contribution < 1.29 is 4.79 Å². The average molecular weight is 408 g/mol. The summed E-state index contributed by atoms with van der Waals surface area (Å²) in [5, 5.41) is 6.09. The van der Waals surface area contributed by atoms with E-state index in [4.69, 9.17) is 0 Å². The van der Waals surface area contributed by atoms with Crippen molar-refractivity contribution in [2.75, 3.05) is 18.4 Å². The Bertz CT molecular complexity index is 997. The van der Waals surface area contributed by atoms with Gasteiger partial charge in [0.05, 0.1) is 16.4 Å². The molecule has 29 heavy (non-hydrogen) atoms. The maximum absolute atomic E-state index is 12.5. The van der Waals surface area contributed by atoms with Crippen molar-refractivity contribution in [3.05, 3.63) is 58.7 Å². The van der Waals surface area contributed by atoms with E-state index in [9.17, 15) is 4.79 Å². The molecule has 4 rings (SSSR count). The third-order valence-electron chi connectivity index (χ3n) is 4.75. The van der Waals surface area contributed by atoms with E-state index in [0.29, 0.717) is 24.9 Å². The van der Waals surface area contributed by atoms with Crippen LogP contribution in [0.3, 0.4) is 0 Å². The number of aryl methyl sites for hydroxylation is 1. The number of anilines is 2. The van der Waals surface area contributed by atoms with E-state index < -0.39 is 0 Å². The highest BCUT2D eigenvalue weighted by atomic mass is 32.1. The molecule has 1 amide bonds. The summed E-state index contributed by atoms with van der Waals surface area (Å²) < 4.78 is 0. The Hall–Kier alpha value is -3.20. The van der Waals surface area contributed by atoms with Gasteiger partial charge in [-0.3, -0.25) is 9.78 Å². The van der Waals surface area contributed by atoms with E-state index in [1.54, 1.807) is 54.3 Å². The van der Waals surface area contributed by atoms with E-state index >= 15 is 0 Å². The summed E-state index contributed by atoms with van der Waals surface area (Å²) >= 11 is 1.58. The van der Waals surface area contributed by atoms with E-state index in [-0.39, 0.29) is 11.8 Å². The Balaban J connectivity index is 1.38. The van der Waals surface area contributed by atoms with Crippen LogP contribution in [-0.2, 0) is 4.79 Å². The Kier molecular flexibility index (Phi) is 5.85. The van der Waals surface area contributed by atoms with Crippen LogP contribution in [-0.4, -0.2) is 48.8 Å². The SMILES string of the molecule is Cc1nc(/C=C/C(=O)N2CCC(c3nccnc3Nc3ncccn3)CC2)cs1. The van der Waals surface area contributed by atoms with E-state index in [2.05, 4.69) is 30.2 Å². The molecule has 0 aliphatic carbocycles. The Morgan fingerprint density at radius 3 is 2.62 bits per heavy atom. The molecular weight excluding hydrogens is 386 g/mol. The number of amides is 1. The van der Waals surface area contributed by atoms with Gasteiger partial charge in [0, 0.05) is 55.3 Å². The number of piperidine rings is 1. The second-order valence-corrected chi connectivity index (χ2v) is 7.77. The molecule has 4 heterocycles. The molecule has 1 saturated heterocycles. The highest BCUT2D eigenvalue weighted by Gasteiger charge is 2.26. The zero-order chi connectivity index (χ0) is 20.1. The lowest BCUT2D eigenvalue weighted by molar-refractivity contribution is -0.126. The van der Waals surface area contributed by atoms with Crippen LogP contribution in [0.4, 0.5) is 11.8 Å². The zero-order valence-corrected chi connectivity index (χ0v) is 16.8. The zero-order valence-electron chi connectivity index (χ0n) is 16.0. The molecule has 0 atom stereocenters. The third kappa shape index (κ3) is 4.80. The molecule has 0 unspecified atom stereocenters. The average Bonchev–Trinajstić information content (AvgIpc) is 3.18. The van der Waals surface area contributed by atoms with Crippen LogP contribution in [0.25, 0.3) is 6.08 Å². The van der Waals surface area contributed by atoms with Crippen LogP contribution < -0.4 is 5.32 Å². The van der Waals surface area contributed by atoms with Crippen molar-refractivity contribution in [2.45, 2.75) is 25.7 Å². The summed E-state index contributed by atoms with van der Waals surface area (Å²) in [6.45, 7) is 3.32. The van der Waals surface area contributed by atoms with E-state index in [0.717, 1.165) is 29.2 Å². The lowest BCUT2D eigenvalue weighted by atomic mass is 9.93. The Labute approximate surface area is 172 Å². The van der Waals surface area contributed by atoms with Crippen molar-refractivity contribution >= 4 is 35.1 Å². The topological polar surface area (TPSA) is 96.8 Å². The highest BCUT2D eigenvalue weighted by Crippen LogP contribution is 2.31. The normalized spacial score (nSPS) is 15.0. The van der Waals surface area contributed by atoms with Crippen LogP contribution in [0, 0.1) is 6.92 Å². The molecule has 0 bridgehead atoms. The number of thiazole rings is 1. The Morgan fingerprint density at radius 1 is 1.14 bits per heavy atom. The molecule has 0 spiro atoms. The van der Waals surface area contributed by atoms with Crippen molar-refractivity contribution in [3.63, 3.8) is 0 Å². The molecule has 1 N–H and O–H groups in total. The van der Waals surface area contributed by atoms with Crippen molar-refractivity contribution in [3.8, 4) is 0 Å². The van der Waals surface area contributed by atoms with Crippen LogP contribution in [0.2, 0.25) is 0 Å². The van der Waals surface area contributed by atoms with Crippen molar-refractivity contribution in [1.29, 1.82) is 0 Å². The first-order valence-corrected chi connectivity index (χ1v) is 10.3. The fraction of sp³-hybridized carbons (Fsp3) is 0.300. The maximum Gasteiger partial charge on any atom is 0.246 e. The molecule has 1 fully saturated rings. The van der Waals surface area contributed by atoms with Gasteiger partial charge in [-0.2, -0.15) is 0 Å². The molecule has 0 radical (unpaired) electrons. The van der Waals surface area contributed by atoms with Crippen LogP contribution in [0.1, 0.15) is 35.2 Å². The van der Waals surface area contributed by atoms with Gasteiger partial charge in [-0.15, -0.1) is 11.3 Å². The fourth-order valence-electron chi connectivity index (χ4n) is 3.31. The van der Waals surface area contributed by atoms with Gasteiger partial charge in [0.2, 0.25) is 11.9 Å². The van der Waals surface area contributed by atoms with Crippen molar-refractivity contribution in [1.82, 2.24) is 29.8 Å². The van der Waals surface area contributed by atoms with Crippen LogP contribution in [0.5, 0.6) is 0 Å². The summed E-state index contributed by atoms with van der Waals surface area (Å²) in [7, 11) is 0. The number of hydrogen-bond donors (Lipinski definition) is 1. The number of carbonyl (C=O) groups is 1. The minimum Gasteiger partial charge on any atom is -0.339 e. The molecule has 3 aromatic heterocycles. The lowest BCUT2D eigenvalue weighted by Gasteiger charge is -2.31. The number of carbonyl (C=O) groups excluding carboxylic acids is 1. The van der Waals surface area contributed by atoms with Gasteiger partial charge in [0.25, 0.3) is 0 Å². The first-order valence-electron chi connectivity index (χ1n) is 9.43. The minimum absolute atomic E-state index is 0.0179. The first-order chi connectivity index (χ1) is 14.2. The van der Waals surface area contributed by atoms with Gasteiger partial charge in [-0.05, 0) is 31.9 Å². The quantitative estimate of drug-likeness (QED) is 0.649. The predicted molar refractivity (Wildman–Crippen MR) is 112 cm³/mol. The highest BCUT2D eigenvalue weighted by molar-refractivity contribution is 7.09. The van der Waals surface area contributed by atoms with Gasteiger partial charge in [0.15, 0.2) is 5.82 Å². The number of rotatable bonds is 5. The molecule has 1 aliphatic rings. The largest absolute Gasteiger partial charge is 0.339 e. The number of likely N-dealkylation sites (tertiary alicyclic amines) is 1. The van der Waals surface area contributed by atoms with Crippen LogP contribution in [0.15, 0.2) is 42.3 Å². The fourth-order valence-corrected chi connectivity index (χ4v) is 3.89. The van der Waals surface area contributed by atoms with Gasteiger partial charge < -0.3 is 10.2 Å². The van der Waals surface area contributed by atoms with Crippen molar-refractivity contribution in [2.24, 2.45) is 0 Å². The minimum atomic E-state index is 0.0179. The number of nitrogens with one attached hydrogen (secondary N) is 1. The summed E-state index contributed by atoms with van der Waals surface area (Å²) in [5.41, 5.74) is 1.72. The molecule has 9 heteroatoms. The van der Waals surface area contributed by atoms with Gasteiger partial charge in [-0.25, -0.2) is 19.9 Å². The second-order valence-electron chi connectivity index (χ2n) is 6.71. The second kappa shape index (κ2) is 8.87.